The van der Waals surface area contributed by atoms with Crippen molar-refractivity contribution < 1.29 is 14.3 Å². The number of hydrogen-bond acceptors (Lipinski definition) is 5. The lowest BCUT2D eigenvalue weighted by Crippen LogP contribution is -2.43. The van der Waals surface area contributed by atoms with Gasteiger partial charge in [0.1, 0.15) is 5.75 Å². The van der Waals surface area contributed by atoms with Gasteiger partial charge in [-0.3, -0.25) is 25.4 Å². The Morgan fingerprint density at radius 2 is 1.63 bits per heavy atom. The number of hydrogen-bond donors (Lipinski definition) is 4. The van der Waals surface area contributed by atoms with Crippen LogP contribution in [0.2, 0.25) is 0 Å². The van der Waals surface area contributed by atoms with E-state index >= 15 is 0 Å². The Balaban J connectivity index is 1.52. The summed E-state index contributed by atoms with van der Waals surface area (Å²) in [6.45, 7) is 0. The van der Waals surface area contributed by atoms with Gasteiger partial charge in [0.05, 0.1) is 18.4 Å². The van der Waals surface area contributed by atoms with Gasteiger partial charge in [-0.15, -0.1) is 0 Å². The van der Waals surface area contributed by atoms with E-state index in [1.165, 1.54) is 6.20 Å². The second kappa shape index (κ2) is 9.99. The molecule has 0 bridgehead atoms. The first-order valence-electron chi connectivity index (χ1n) is 8.88. The number of methoxy groups -OCH3 is 1. The van der Waals surface area contributed by atoms with E-state index in [0.717, 1.165) is 0 Å². The average molecular weight is 421 g/mol. The number of amides is 2. The number of anilines is 2. The van der Waals surface area contributed by atoms with Crippen molar-refractivity contribution in [3.63, 3.8) is 0 Å². The predicted molar refractivity (Wildman–Crippen MR) is 118 cm³/mol. The van der Waals surface area contributed by atoms with E-state index in [2.05, 4.69) is 26.5 Å². The summed E-state index contributed by atoms with van der Waals surface area (Å²) in [4.78, 5) is 28.3. The van der Waals surface area contributed by atoms with Gasteiger partial charge in [-0.05, 0) is 60.7 Å². The van der Waals surface area contributed by atoms with Crippen LogP contribution in [0.3, 0.4) is 0 Å². The summed E-state index contributed by atoms with van der Waals surface area (Å²) >= 11 is 5.18. The fourth-order valence-corrected chi connectivity index (χ4v) is 2.65. The van der Waals surface area contributed by atoms with Crippen molar-refractivity contribution >= 4 is 40.5 Å². The zero-order valence-electron chi connectivity index (χ0n) is 16.0. The highest BCUT2D eigenvalue weighted by Gasteiger charge is 2.09. The van der Waals surface area contributed by atoms with Crippen LogP contribution in [0, 0.1) is 0 Å². The first-order valence-corrected chi connectivity index (χ1v) is 9.29. The number of nitrogens with zero attached hydrogens (tertiary/aromatic N) is 1. The summed E-state index contributed by atoms with van der Waals surface area (Å²) in [5.74, 6) is -0.0454. The lowest BCUT2D eigenvalue weighted by Gasteiger charge is -2.14. The maximum Gasteiger partial charge on any atom is 0.269 e. The first kappa shape index (κ1) is 20.7. The van der Waals surface area contributed by atoms with Gasteiger partial charge in [-0.2, -0.15) is 0 Å². The zero-order chi connectivity index (χ0) is 21.3. The molecule has 30 heavy (non-hydrogen) atoms. The molecule has 0 spiro atoms. The van der Waals surface area contributed by atoms with Crippen LogP contribution in [-0.4, -0.2) is 29.0 Å². The van der Waals surface area contributed by atoms with E-state index in [9.17, 15) is 9.59 Å². The monoisotopic (exact) mass is 421 g/mol. The highest BCUT2D eigenvalue weighted by molar-refractivity contribution is 7.80. The Hall–Kier alpha value is -3.98. The minimum absolute atomic E-state index is 0.202. The normalized spacial score (nSPS) is 9.90. The molecule has 0 saturated carbocycles. The zero-order valence-corrected chi connectivity index (χ0v) is 16.8. The lowest BCUT2D eigenvalue weighted by atomic mass is 10.2. The Labute approximate surface area is 178 Å². The molecule has 3 aromatic rings. The topological polar surface area (TPSA) is 104 Å². The number of ether oxygens (including phenoxy) is 1. The summed E-state index contributed by atoms with van der Waals surface area (Å²) in [6, 6.07) is 17.1. The number of hydrazine groups is 1. The Bertz CT molecular complexity index is 1040. The molecule has 2 amide bonds. The van der Waals surface area contributed by atoms with Gasteiger partial charge in [0, 0.05) is 23.6 Å². The summed E-state index contributed by atoms with van der Waals surface area (Å²) in [5.41, 5.74) is 7.21. The molecule has 8 nitrogen and oxygen atoms in total. The summed E-state index contributed by atoms with van der Waals surface area (Å²) in [6.07, 6.45) is 3.07. The largest absolute Gasteiger partial charge is 0.495 e. The van der Waals surface area contributed by atoms with Crippen LogP contribution in [-0.2, 0) is 0 Å². The fourth-order valence-electron chi connectivity index (χ4n) is 2.49. The average Bonchev–Trinajstić information content (AvgIpc) is 2.79. The lowest BCUT2D eigenvalue weighted by molar-refractivity contribution is 0.0943. The minimum Gasteiger partial charge on any atom is -0.495 e. The number of aromatic nitrogens is 1. The number of thiocarbonyl (C=S) groups is 1. The molecule has 0 fully saturated rings. The van der Waals surface area contributed by atoms with Gasteiger partial charge in [-0.25, -0.2) is 0 Å². The van der Waals surface area contributed by atoms with Gasteiger partial charge in [0.15, 0.2) is 5.11 Å². The number of carbonyl (C=O) groups excluding carboxylic acids is 2. The van der Waals surface area contributed by atoms with Crippen molar-refractivity contribution in [3.05, 3.63) is 84.2 Å². The van der Waals surface area contributed by atoms with Crippen molar-refractivity contribution in [1.82, 2.24) is 15.8 Å². The highest BCUT2D eigenvalue weighted by atomic mass is 32.1. The van der Waals surface area contributed by atoms with Crippen molar-refractivity contribution in [1.29, 1.82) is 0 Å². The molecule has 0 radical (unpaired) electrons. The molecule has 4 N–H and O–H groups in total. The predicted octanol–water partition coefficient (Wildman–Crippen LogP) is 2.97. The third kappa shape index (κ3) is 5.52. The van der Waals surface area contributed by atoms with Crippen LogP contribution >= 0.6 is 12.2 Å². The minimum atomic E-state index is -0.385. The van der Waals surface area contributed by atoms with Crippen LogP contribution in [0.15, 0.2) is 73.1 Å². The van der Waals surface area contributed by atoms with Crippen LogP contribution in [0.1, 0.15) is 20.7 Å². The van der Waals surface area contributed by atoms with E-state index in [1.54, 1.807) is 61.8 Å². The van der Waals surface area contributed by atoms with E-state index in [4.69, 9.17) is 17.0 Å². The first-order chi connectivity index (χ1) is 14.6. The van der Waals surface area contributed by atoms with Gasteiger partial charge in [-0.1, -0.05) is 12.1 Å². The molecule has 0 aliphatic rings. The molecule has 3 rings (SSSR count). The summed E-state index contributed by atoms with van der Waals surface area (Å²) in [7, 11) is 1.56. The second-order valence-corrected chi connectivity index (χ2v) is 6.41. The molecule has 2 aromatic carbocycles. The molecule has 9 heteroatoms. The van der Waals surface area contributed by atoms with E-state index in [1.807, 2.05) is 12.1 Å². The molecule has 0 aliphatic carbocycles. The SMILES string of the molecule is COc1ccccc1NC(=S)NNC(=O)c1ccc(NC(=O)c2cccnc2)cc1. The van der Waals surface area contributed by atoms with Gasteiger partial charge in [0.25, 0.3) is 11.8 Å². The molecule has 0 aliphatic heterocycles. The maximum absolute atomic E-state index is 12.3. The van der Waals surface area contributed by atoms with Crippen LogP contribution in [0.5, 0.6) is 5.75 Å². The molecular formula is C21H19N5O3S. The summed E-state index contributed by atoms with van der Waals surface area (Å²) in [5, 5.41) is 5.89. The molecule has 1 aromatic heterocycles. The fraction of sp³-hybridized carbons (Fsp3) is 0.0476. The number of nitrogens with one attached hydrogen (secondary N) is 4. The van der Waals surface area contributed by atoms with E-state index in [-0.39, 0.29) is 16.9 Å². The maximum atomic E-state index is 12.3. The summed E-state index contributed by atoms with van der Waals surface area (Å²) < 4.78 is 5.24. The Kier molecular flexibility index (Phi) is 6.91. The van der Waals surface area contributed by atoms with Crippen LogP contribution in [0.4, 0.5) is 11.4 Å². The van der Waals surface area contributed by atoms with Gasteiger partial charge < -0.3 is 15.4 Å². The third-order valence-corrected chi connectivity index (χ3v) is 4.18. The number of para-hydroxylation sites is 2. The Morgan fingerprint density at radius 3 is 2.33 bits per heavy atom. The molecular weight excluding hydrogens is 402 g/mol. The number of benzene rings is 2. The van der Waals surface area contributed by atoms with Crippen LogP contribution in [0.25, 0.3) is 0 Å². The van der Waals surface area contributed by atoms with Crippen molar-refractivity contribution in [2.24, 2.45) is 0 Å². The second-order valence-electron chi connectivity index (χ2n) is 6.01. The van der Waals surface area contributed by atoms with Crippen molar-refractivity contribution in [2.75, 3.05) is 17.7 Å². The molecule has 0 atom stereocenters. The molecule has 152 valence electrons. The quantitative estimate of drug-likeness (QED) is 0.371. The Morgan fingerprint density at radius 1 is 0.867 bits per heavy atom. The molecule has 1 heterocycles. The standard InChI is InChI=1S/C21H19N5O3S/c1-29-18-7-3-2-6-17(18)24-21(30)26-25-20(28)14-8-10-16(11-9-14)23-19(27)15-5-4-12-22-13-15/h2-13H,1H3,(H,23,27)(H,25,28)(H2,24,26,30). The van der Waals surface area contributed by atoms with Gasteiger partial charge >= 0.3 is 0 Å². The number of rotatable bonds is 5. The number of carbonyl (C=O) groups is 2. The third-order valence-electron chi connectivity index (χ3n) is 3.97. The van der Waals surface area contributed by atoms with Gasteiger partial charge in [0.2, 0.25) is 0 Å². The van der Waals surface area contributed by atoms with Crippen LogP contribution < -0.4 is 26.2 Å². The molecule has 0 saturated heterocycles. The van der Waals surface area contributed by atoms with Crippen molar-refractivity contribution in [2.45, 2.75) is 0 Å². The molecule has 0 unspecified atom stereocenters. The number of pyridine rings is 1. The smallest absolute Gasteiger partial charge is 0.269 e. The highest BCUT2D eigenvalue weighted by Crippen LogP contribution is 2.22. The van der Waals surface area contributed by atoms with Crippen molar-refractivity contribution in [3.8, 4) is 5.75 Å². The van der Waals surface area contributed by atoms with E-state index in [0.29, 0.717) is 28.3 Å². The van der Waals surface area contributed by atoms with E-state index < -0.39 is 0 Å².